The molecule has 29 heavy (non-hydrogen) atoms. The maximum atomic E-state index is 12.7. The van der Waals surface area contributed by atoms with E-state index >= 15 is 0 Å². The second kappa shape index (κ2) is 8.05. The molecule has 0 bridgehead atoms. The molecule has 1 aromatic carbocycles. The van der Waals surface area contributed by atoms with E-state index in [2.05, 4.69) is 32.5 Å². The highest BCUT2D eigenvalue weighted by Gasteiger charge is 2.33. The van der Waals surface area contributed by atoms with Crippen LogP contribution in [0.3, 0.4) is 0 Å². The summed E-state index contributed by atoms with van der Waals surface area (Å²) in [6, 6.07) is 11.1. The van der Waals surface area contributed by atoms with Crippen LogP contribution < -0.4 is 10.6 Å². The van der Waals surface area contributed by atoms with Crippen LogP contribution in [0.25, 0.3) is 11.3 Å². The highest BCUT2D eigenvalue weighted by molar-refractivity contribution is 5.94. The summed E-state index contributed by atoms with van der Waals surface area (Å²) in [4.78, 5) is 24.7. The molecule has 2 aromatic heterocycles. The van der Waals surface area contributed by atoms with E-state index in [0.717, 1.165) is 28.8 Å². The van der Waals surface area contributed by atoms with Crippen LogP contribution >= 0.6 is 0 Å². The van der Waals surface area contributed by atoms with Gasteiger partial charge in [-0.2, -0.15) is 0 Å². The smallest absolute Gasteiger partial charge is 0.268 e. The molecule has 0 aliphatic heterocycles. The van der Waals surface area contributed by atoms with Crippen molar-refractivity contribution in [1.82, 2.24) is 20.3 Å². The molecule has 4 N–H and O–H groups in total. The molecule has 0 saturated heterocycles. The Morgan fingerprint density at radius 2 is 2.10 bits per heavy atom. The van der Waals surface area contributed by atoms with Crippen molar-refractivity contribution in [1.29, 1.82) is 0 Å². The molecular formula is C22H25N5O2. The van der Waals surface area contributed by atoms with Crippen LogP contribution in [-0.4, -0.2) is 38.6 Å². The number of nitrogens with one attached hydrogen (secondary N) is 3. The first-order valence-corrected chi connectivity index (χ1v) is 9.80. The lowest BCUT2D eigenvalue weighted by atomic mass is 10.1. The topological polar surface area (TPSA) is 103 Å². The first-order chi connectivity index (χ1) is 14.0. The molecule has 2 heterocycles. The van der Waals surface area contributed by atoms with Gasteiger partial charge in [0.25, 0.3) is 5.91 Å². The monoisotopic (exact) mass is 391 g/mol. The molecule has 1 saturated carbocycles. The molecule has 1 aliphatic carbocycles. The molecule has 3 atom stereocenters. The number of aliphatic hydroxyl groups is 1. The molecular weight excluding hydrogens is 366 g/mol. The van der Waals surface area contributed by atoms with Gasteiger partial charge in [-0.25, -0.2) is 9.97 Å². The number of hydrogen-bond acceptors (Lipinski definition) is 5. The Hall–Kier alpha value is -3.19. The lowest BCUT2D eigenvalue weighted by Gasteiger charge is -2.16. The fourth-order valence-electron chi connectivity index (χ4n) is 3.31. The summed E-state index contributed by atoms with van der Waals surface area (Å²) in [7, 11) is 0. The van der Waals surface area contributed by atoms with Crippen LogP contribution in [0.2, 0.25) is 0 Å². The first-order valence-electron chi connectivity index (χ1n) is 9.80. The summed E-state index contributed by atoms with van der Waals surface area (Å²) < 4.78 is 0. The zero-order valence-corrected chi connectivity index (χ0v) is 16.5. The van der Waals surface area contributed by atoms with Crippen LogP contribution in [0, 0.1) is 12.8 Å². The van der Waals surface area contributed by atoms with Crippen molar-refractivity contribution in [2.75, 3.05) is 11.9 Å². The normalized spacial score (nSPS) is 18.9. The lowest BCUT2D eigenvalue weighted by molar-refractivity contribution is 0.0912. The standard InChI is InChI=1S/C22H25N5O2/c1-13-8-17(13)26-22-24-10-14(2)20(27-22)16-9-18(23-11-16)21(29)25-19(12-28)15-6-4-3-5-7-15/h3-7,9-11,13,17,19,23,28H,8,12H2,1-2H3,(H,25,29)(H,24,26,27). The van der Waals surface area contributed by atoms with E-state index in [4.69, 9.17) is 0 Å². The van der Waals surface area contributed by atoms with E-state index < -0.39 is 6.04 Å². The van der Waals surface area contributed by atoms with Gasteiger partial charge in [0.15, 0.2) is 0 Å². The van der Waals surface area contributed by atoms with E-state index in [1.807, 2.05) is 37.3 Å². The second-order valence-corrected chi connectivity index (χ2v) is 7.61. The highest BCUT2D eigenvalue weighted by atomic mass is 16.3. The average molecular weight is 391 g/mol. The quantitative estimate of drug-likeness (QED) is 0.496. The third kappa shape index (κ3) is 4.30. The van der Waals surface area contributed by atoms with Crippen molar-refractivity contribution in [3.8, 4) is 11.3 Å². The summed E-state index contributed by atoms with van der Waals surface area (Å²) >= 11 is 0. The van der Waals surface area contributed by atoms with Crippen molar-refractivity contribution in [3.05, 3.63) is 65.6 Å². The van der Waals surface area contributed by atoms with E-state index in [-0.39, 0.29) is 12.5 Å². The van der Waals surface area contributed by atoms with Crippen molar-refractivity contribution in [2.45, 2.75) is 32.4 Å². The summed E-state index contributed by atoms with van der Waals surface area (Å²) in [5.74, 6) is 0.975. The van der Waals surface area contributed by atoms with Crippen LogP contribution in [-0.2, 0) is 0 Å². The van der Waals surface area contributed by atoms with Crippen molar-refractivity contribution < 1.29 is 9.90 Å². The summed E-state index contributed by atoms with van der Waals surface area (Å²) in [6.07, 6.45) is 4.69. The minimum absolute atomic E-state index is 0.178. The number of aromatic amines is 1. The molecule has 1 amide bonds. The predicted octanol–water partition coefficient (Wildman–Crippen LogP) is 3.06. The third-order valence-corrected chi connectivity index (χ3v) is 5.29. The Kier molecular flexibility index (Phi) is 5.31. The molecule has 1 fully saturated rings. The Labute approximate surface area is 169 Å². The van der Waals surface area contributed by atoms with Gasteiger partial charge in [-0.3, -0.25) is 4.79 Å². The molecule has 0 spiro atoms. The van der Waals surface area contributed by atoms with Crippen LogP contribution in [0.4, 0.5) is 5.95 Å². The van der Waals surface area contributed by atoms with Crippen molar-refractivity contribution >= 4 is 11.9 Å². The highest BCUT2D eigenvalue weighted by Crippen LogP contribution is 2.32. The largest absolute Gasteiger partial charge is 0.394 e. The SMILES string of the molecule is Cc1cnc(NC2CC2C)nc1-c1c[nH]c(C(=O)NC(CO)c2ccccc2)c1. The van der Waals surface area contributed by atoms with Gasteiger partial charge in [0.1, 0.15) is 5.69 Å². The minimum atomic E-state index is -0.465. The summed E-state index contributed by atoms with van der Waals surface area (Å²) in [5, 5.41) is 15.9. The van der Waals surface area contributed by atoms with Gasteiger partial charge in [-0.1, -0.05) is 37.3 Å². The second-order valence-electron chi connectivity index (χ2n) is 7.61. The number of aliphatic hydroxyl groups excluding tert-OH is 1. The van der Waals surface area contributed by atoms with Gasteiger partial charge >= 0.3 is 0 Å². The van der Waals surface area contributed by atoms with Gasteiger partial charge in [-0.05, 0) is 36.5 Å². The number of carbonyl (C=O) groups is 1. The third-order valence-electron chi connectivity index (χ3n) is 5.29. The number of hydrogen-bond donors (Lipinski definition) is 4. The number of nitrogens with zero attached hydrogens (tertiary/aromatic N) is 2. The van der Waals surface area contributed by atoms with Gasteiger partial charge in [0.05, 0.1) is 18.3 Å². The van der Waals surface area contributed by atoms with Gasteiger partial charge in [-0.15, -0.1) is 0 Å². The van der Waals surface area contributed by atoms with Crippen molar-refractivity contribution in [3.63, 3.8) is 0 Å². The van der Waals surface area contributed by atoms with Crippen LogP contribution in [0.15, 0.2) is 48.8 Å². The fraction of sp³-hybridized carbons (Fsp3) is 0.318. The number of carbonyl (C=O) groups excluding carboxylic acids is 1. The molecule has 3 unspecified atom stereocenters. The number of aromatic nitrogens is 3. The van der Waals surface area contributed by atoms with Crippen molar-refractivity contribution in [2.24, 2.45) is 5.92 Å². The van der Waals surface area contributed by atoms with Crippen LogP contribution in [0.1, 0.15) is 41.0 Å². The maximum Gasteiger partial charge on any atom is 0.268 e. The Morgan fingerprint density at radius 3 is 2.79 bits per heavy atom. The number of anilines is 1. The van der Waals surface area contributed by atoms with Gasteiger partial charge < -0.3 is 20.7 Å². The molecule has 150 valence electrons. The first kappa shape index (κ1) is 19.1. The van der Waals surface area contributed by atoms with E-state index in [1.54, 1.807) is 18.5 Å². The lowest BCUT2D eigenvalue weighted by Crippen LogP contribution is -2.30. The van der Waals surface area contributed by atoms with Crippen LogP contribution in [0.5, 0.6) is 0 Å². The maximum absolute atomic E-state index is 12.7. The number of benzene rings is 1. The number of H-pyrrole nitrogens is 1. The fourth-order valence-corrected chi connectivity index (χ4v) is 3.31. The number of amides is 1. The minimum Gasteiger partial charge on any atom is -0.394 e. The zero-order valence-electron chi connectivity index (χ0n) is 16.5. The van der Waals surface area contributed by atoms with E-state index in [9.17, 15) is 9.90 Å². The van der Waals surface area contributed by atoms with E-state index in [1.165, 1.54) is 0 Å². The Bertz CT molecular complexity index is 1000. The molecule has 1 aliphatic rings. The number of aryl methyl sites for hydroxylation is 1. The molecule has 4 rings (SSSR count). The average Bonchev–Trinajstić information content (AvgIpc) is 3.21. The summed E-state index contributed by atoms with van der Waals surface area (Å²) in [6.45, 7) is 3.96. The number of rotatable bonds is 7. The van der Waals surface area contributed by atoms with E-state index in [0.29, 0.717) is 23.6 Å². The molecule has 0 radical (unpaired) electrons. The molecule has 3 aromatic rings. The Morgan fingerprint density at radius 1 is 1.34 bits per heavy atom. The zero-order chi connectivity index (χ0) is 20.4. The predicted molar refractivity (Wildman–Crippen MR) is 111 cm³/mol. The van der Waals surface area contributed by atoms with Gasteiger partial charge in [0.2, 0.25) is 5.95 Å². The van der Waals surface area contributed by atoms with Gasteiger partial charge in [0, 0.05) is 24.0 Å². The summed E-state index contributed by atoms with van der Waals surface area (Å²) in [5.41, 5.74) is 3.81. The Balaban J connectivity index is 1.50. The molecule has 7 heteroatoms. The molecule has 7 nitrogen and oxygen atoms in total.